The zero-order valence-electron chi connectivity index (χ0n) is 29.9. The number of fused-ring (bicyclic) bond motifs is 10. The lowest BCUT2D eigenvalue weighted by atomic mass is 9.86. The van der Waals surface area contributed by atoms with E-state index in [1.54, 1.807) is 0 Å². The molecule has 250 valence electrons. The predicted octanol–water partition coefficient (Wildman–Crippen LogP) is 14.0. The Balaban J connectivity index is 1.30. The highest BCUT2D eigenvalue weighted by atomic mass is 15.1. The molecule has 0 fully saturated rings. The van der Waals surface area contributed by atoms with Gasteiger partial charge in [-0.25, -0.2) is 0 Å². The van der Waals surface area contributed by atoms with Crippen LogP contribution in [-0.2, 0) is 11.8 Å². The van der Waals surface area contributed by atoms with Gasteiger partial charge in [0.05, 0.1) is 22.4 Å². The molecule has 0 radical (unpaired) electrons. The molecule has 1 aliphatic carbocycles. The Morgan fingerprint density at radius 2 is 1.19 bits per heavy atom. The Morgan fingerprint density at radius 1 is 0.538 bits per heavy atom. The van der Waals surface area contributed by atoms with Crippen molar-refractivity contribution in [1.82, 2.24) is 4.57 Å². The number of aromatic nitrogens is 1. The Morgan fingerprint density at radius 3 is 2.02 bits per heavy atom. The number of nitrogens with zero attached hydrogens (tertiary/aromatic N) is 2. The summed E-state index contributed by atoms with van der Waals surface area (Å²) in [5.74, 6) is 0. The summed E-state index contributed by atoms with van der Waals surface area (Å²) in [5.41, 5.74) is 11.3. The molecule has 10 rings (SSSR count). The second kappa shape index (κ2) is 11.7. The van der Waals surface area contributed by atoms with E-state index in [1.807, 2.05) is 0 Å². The highest BCUT2D eigenvalue weighted by molar-refractivity contribution is 6.19. The average molecular weight is 669 g/mol. The summed E-state index contributed by atoms with van der Waals surface area (Å²) in [6.45, 7) is 6.86. The molecule has 52 heavy (non-hydrogen) atoms. The first-order valence-corrected chi connectivity index (χ1v) is 18.5. The number of hydrogen-bond donors (Lipinski definition) is 0. The van der Waals surface area contributed by atoms with Crippen LogP contribution in [0, 0.1) is 0 Å². The monoisotopic (exact) mass is 668 g/mol. The molecule has 2 heteroatoms. The van der Waals surface area contributed by atoms with Crippen LogP contribution in [0.25, 0.3) is 65.9 Å². The number of hydrogen-bond acceptors (Lipinski definition) is 1. The van der Waals surface area contributed by atoms with Crippen molar-refractivity contribution in [1.29, 1.82) is 0 Å². The quantitative estimate of drug-likeness (QED) is 0.169. The minimum absolute atomic E-state index is 0.0582. The third-order valence-corrected chi connectivity index (χ3v) is 11.2. The van der Waals surface area contributed by atoms with Gasteiger partial charge in [0.25, 0.3) is 0 Å². The van der Waals surface area contributed by atoms with Gasteiger partial charge in [-0.3, -0.25) is 0 Å². The fourth-order valence-electron chi connectivity index (χ4n) is 8.69. The molecule has 0 saturated heterocycles. The van der Waals surface area contributed by atoms with E-state index in [0.29, 0.717) is 0 Å². The molecule has 0 aliphatic heterocycles. The average Bonchev–Trinajstić information content (AvgIpc) is 3.51. The van der Waals surface area contributed by atoms with Gasteiger partial charge < -0.3 is 9.47 Å². The van der Waals surface area contributed by atoms with E-state index in [2.05, 4.69) is 194 Å². The van der Waals surface area contributed by atoms with E-state index in [-0.39, 0.29) is 5.41 Å². The number of rotatable bonds is 4. The van der Waals surface area contributed by atoms with E-state index in [1.165, 1.54) is 82.2 Å². The lowest BCUT2D eigenvalue weighted by Gasteiger charge is -2.29. The molecule has 0 amide bonds. The summed E-state index contributed by atoms with van der Waals surface area (Å²) in [5, 5.41) is 10.3. The van der Waals surface area contributed by atoms with Gasteiger partial charge in [-0.2, -0.15) is 0 Å². The molecule has 2 nitrogen and oxygen atoms in total. The van der Waals surface area contributed by atoms with Gasteiger partial charge in [0.1, 0.15) is 0 Å². The SMILES string of the molecule is CC(C)(C)c1ccc(N(c2ccc3c4ccccc4n(-c4cccc5ccccc45)c3c2)c2cccc3c4c(c5ccccc5c23)CCC=C4)cc1. The molecular formula is C50H40N2. The van der Waals surface area contributed by atoms with E-state index in [9.17, 15) is 0 Å². The molecule has 8 aromatic carbocycles. The fraction of sp³-hybridized carbons (Fsp3) is 0.120. The van der Waals surface area contributed by atoms with Crippen LogP contribution in [0.1, 0.15) is 43.9 Å². The standard InChI is InChI=1S/C50H40N2/c1-50(2,3)34-26-28-35(29-27-34)51(47-25-13-22-44-40-18-7-6-17-38(40)39-19-8-9-21-43(39)49(44)47)36-30-31-42-41-20-10-11-23-46(41)52(48(42)32-36)45-24-12-15-33-14-4-5-16-37(33)45/h4-5,7-16,18-32H,6,17H2,1-3H3. The summed E-state index contributed by atoms with van der Waals surface area (Å²) >= 11 is 0. The van der Waals surface area contributed by atoms with Gasteiger partial charge in [0.2, 0.25) is 0 Å². The zero-order valence-corrected chi connectivity index (χ0v) is 29.9. The largest absolute Gasteiger partial charge is 0.310 e. The third kappa shape index (κ3) is 4.71. The molecule has 1 heterocycles. The number of anilines is 3. The first-order valence-electron chi connectivity index (χ1n) is 18.5. The van der Waals surface area contributed by atoms with Gasteiger partial charge in [-0.1, -0.05) is 142 Å². The second-order valence-electron chi connectivity index (χ2n) is 15.3. The van der Waals surface area contributed by atoms with Gasteiger partial charge in [-0.05, 0) is 99.0 Å². The Hall–Kier alpha value is -6.12. The smallest absolute Gasteiger partial charge is 0.0562 e. The lowest BCUT2D eigenvalue weighted by molar-refractivity contribution is 0.590. The van der Waals surface area contributed by atoms with Gasteiger partial charge >= 0.3 is 0 Å². The van der Waals surface area contributed by atoms with Gasteiger partial charge in [0.15, 0.2) is 0 Å². The maximum absolute atomic E-state index is 2.49. The molecule has 0 bridgehead atoms. The van der Waals surface area contributed by atoms with Crippen molar-refractivity contribution in [3.63, 3.8) is 0 Å². The summed E-state index contributed by atoms with van der Waals surface area (Å²) in [4.78, 5) is 2.49. The normalized spacial score (nSPS) is 13.1. The molecule has 0 unspecified atom stereocenters. The van der Waals surface area contributed by atoms with Gasteiger partial charge in [0, 0.05) is 32.9 Å². The highest BCUT2D eigenvalue weighted by Crippen LogP contribution is 2.46. The maximum Gasteiger partial charge on any atom is 0.0562 e. The van der Waals surface area contributed by atoms with Crippen molar-refractivity contribution in [2.75, 3.05) is 4.90 Å². The van der Waals surface area contributed by atoms with Crippen molar-refractivity contribution in [2.45, 2.75) is 39.0 Å². The highest BCUT2D eigenvalue weighted by Gasteiger charge is 2.23. The fourth-order valence-corrected chi connectivity index (χ4v) is 8.69. The Kier molecular flexibility index (Phi) is 6.91. The lowest BCUT2D eigenvalue weighted by Crippen LogP contribution is -2.14. The molecule has 0 spiro atoms. The van der Waals surface area contributed by atoms with Crippen LogP contribution in [-0.4, -0.2) is 4.57 Å². The molecule has 1 aromatic heterocycles. The summed E-state index contributed by atoms with van der Waals surface area (Å²) in [7, 11) is 0. The number of benzene rings is 8. The van der Waals surface area contributed by atoms with Crippen LogP contribution in [0.15, 0.2) is 158 Å². The van der Waals surface area contributed by atoms with Crippen molar-refractivity contribution >= 4 is 77.3 Å². The number of para-hydroxylation sites is 1. The Labute approximate surface area is 304 Å². The third-order valence-electron chi connectivity index (χ3n) is 11.2. The first-order chi connectivity index (χ1) is 25.5. The van der Waals surface area contributed by atoms with Crippen LogP contribution in [0.4, 0.5) is 17.1 Å². The minimum Gasteiger partial charge on any atom is -0.310 e. The molecule has 0 saturated carbocycles. The van der Waals surface area contributed by atoms with Crippen molar-refractivity contribution in [3.05, 3.63) is 174 Å². The van der Waals surface area contributed by atoms with Crippen LogP contribution < -0.4 is 4.90 Å². The van der Waals surface area contributed by atoms with Crippen molar-refractivity contribution < 1.29 is 0 Å². The van der Waals surface area contributed by atoms with E-state index >= 15 is 0 Å². The van der Waals surface area contributed by atoms with Crippen LogP contribution in [0.3, 0.4) is 0 Å². The van der Waals surface area contributed by atoms with Crippen LogP contribution >= 0.6 is 0 Å². The summed E-state index contributed by atoms with van der Waals surface area (Å²) in [6.07, 6.45) is 6.85. The molecule has 9 aromatic rings. The maximum atomic E-state index is 2.49. The van der Waals surface area contributed by atoms with Crippen molar-refractivity contribution in [2.24, 2.45) is 0 Å². The van der Waals surface area contributed by atoms with E-state index < -0.39 is 0 Å². The number of aryl methyl sites for hydroxylation is 1. The van der Waals surface area contributed by atoms with Crippen molar-refractivity contribution in [3.8, 4) is 5.69 Å². The molecular weight excluding hydrogens is 629 g/mol. The number of allylic oxidation sites excluding steroid dienone is 1. The Bertz CT molecular complexity index is 2870. The molecule has 0 atom stereocenters. The molecule has 1 aliphatic rings. The zero-order chi connectivity index (χ0) is 35.0. The summed E-state index contributed by atoms with van der Waals surface area (Å²) in [6, 6.07) is 56.4. The minimum atomic E-state index is 0.0582. The first kappa shape index (κ1) is 30.7. The predicted molar refractivity (Wildman–Crippen MR) is 224 cm³/mol. The second-order valence-corrected chi connectivity index (χ2v) is 15.3. The van der Waals surface area contributed by atoms with E-state index in [4.69, 9.17) is 0 Å². The van der Waals surface area contributed by atoms with Gasteiger partial charge in [-0.15, -0.1) is 0 Å². The molecule has 0 N–H and O–H groups in total. The summed E-state index contributed by atoms with van der Waals surface area (Å²) < 4.78 is 2.47. The van der Waals surface area contributed by atoms with Crippen LogP contribution in [0.2, 0.25) is 0 Å². The van der Waals surface area contributed by atoms with Crippen LogP contribution in [0.5, 0.6) is 0 Å². The topological polar surface area (TPSA) is 8.17 Å². The van der Waals surface area contributed by atoms with E-state index in [0.717, 1.165) is 24.2 Å².